The Morgan fingerprint density at radius 2 is 2.00 bits per heavy atom. The number of nitrogens with zero attached hydrogens (tertiary/aromatic N) is 4. The van der Waals surface area contributed by atoms with Gasteiger partial charge in [0.15, 0.2) is 0 Å². The van der Waals surface area contributed by atoms with E-state index in [0.717, 1.165) is 35.2 Å². The van der Waals surface area contributed by atoms with Crippen LogP contribution in [0.4, 0.5) is 5.69 Å². The van der Waals surface area contributed by atoms with Crippen molar-refractivity contribution in [2.24, 2.45) is 0 Å². The van der Waals surface area contributed by atoms with Crippen LogP contribution in [0.2, 0.25) is 0 Å². The van der Waals surface area contributed by atoms with E-state index >= 15 is 0 Å². The number of hydrogen-bond donors (Lipinski definition) is 1. The van der Waals surface area contributed by atoms with Crippen molar-refractivity contribution in [2.45, 2.75) is 37.8 Å². The van der Waals surface area contributed by atoms with Crippen LogP contribution < -0.4 is 9.62 Å². The minimum atomic E-state index is -3.67. The molecule has 1 aliphatic rings. The van der Waals surface area contributed by atoms with E-state index in [2.05, 4.69) is 14.8 Å². The fourth-order valence-corrected chi connectivity index (χ4v) is 4.74. The number of hydrogen-bond acceptors (Lipinski definition) is 5. The number of aromatic nitrogens is 3. The summed E-state index contributed by atoms with van der Waals surface area (Å²) >= 11 is 0. The van der Waals surface area contributed by atoms with Gasteiger partial charge in [0, 0.05) is 25.7 Å². The van der Waals surface area contributed by atoms with Gasteiger partial charge in [-0.05, 0) is 47.7 Å². The van der Waals surface area contributed by atoms with Crippen molar-refractivity contribution in [3.8, 4) is 0 Å². The van der Waals surface area contributed by atoms with Crippen LogP contribution in [0.25, 0.3) is 0 Å². The number of rotatable bonds is 6. The monoisotopic (exact) mass is 425 g/mol. The second-order valence-corrected chi connectivity index (χ2v) is 9.07. The molecule has 3 aromatic rings. The SMILES string of the molecule is CC(=O)N1CCCc2cc(S(=O)(=O)NCc3cccc(Cn4cncn4)c3)ccc21. The van der Waals surface area contributed by atoms with E-state index in [1.54, 1.807) is 34.1 Å². The fraction of sp³-hybridized carbons (Fsp3) is 0.286. The van der Waals surface area contributed by atoms with E-state index in [9.17, 15) is 13.2 Å². The van der Waals surface area contributed by atoms with E-state index in [4.69, 9.17) is 0 Å². The van der Waals surface area contributed by atoms with Gasteiger partial charge in [0.2, 0.25) is 15.9 Å². The standard InChI is InChI=1S/C21H23N5O3S/c1-16(27)26-9-3-6-19-11-20(7-8-21(19)26)30(28,29)24-12-17-4-2-5-18(10-17)13-25-15-22-14-23-25/h2,4-5,7-8,10-11,14-15,24H,3,6,9,12-13H2,1H3. The highest BCUT2D eigenvalue weighted by Crippen LogP contribution is 2.29. The quantitative estimate of drug-likeness (QED) is 0.652. The number of carbonyl (C=O) groups excluding carboxylic acids is 1. The molecule has 0 atom stereocenters. The van der Waals surface area contributed by atoms with E-state index < -0.39 is 10.0 Å². The van der Waals surface area contributed by atoms with E-state index in [0.29, 0.717) is 13.1 Å². The first kappa shape index (κ1) is 20.2. The second kappa shape index (κ2) is 8.37. The number of anilines is 1. The van der Waals surface area contributed by atoms with Crippen molar-refractivity contribution in [1.29, 1.82) is 0 Å². The normalized spacial score (nSPS) is 13.8. The maximum absolute atomic E-state index is 12.8. The van der Waals surface area contributed by atoms with Crippen LogP contribution in [0.3, 0.4) is 0 Å². The Labute approximate surface area is 175 Å². The summed E-state index contributed by atoms with van der Waals surface area (Å²) in [4.78, 5) is 17.7. The Kier molecular flexibility index (Phi) is 5.65. The van der Waals surface area contributed by atoms with Gasteiger partial charge in [-0.15, -0.1) is 0 Å². The molecule has 30 heavy (non-hydrogen) atoms. The molecule has 0 bridgehead atoms. The van der Waals surface area contributed by atoms with Gasteiger partial charge in [0.25, 0.3) is 0 Å². The van der Waals surface area contributed by atoms with Crippen molar-refractivity contribution in [2.75, 3.05) is 11.4 Å². The number of carbonyl (C=O) groups is 1. The summed E-state index contributed by atoms with van der Waals surface area (Å²) in [5.41, 5.74) is 3.55. The largest absolute Gasteiger partial charge is 0.312 e. The van der Waals surface area contributed by atoms with Crippen LogP contribution in [0.15, 0.2) is 60.0 Å². The Hall–Kier alpha value is -3.04. The van der Waals surface area contributed by atoms with Gasteiger partial charge >= 0.3 is 0 Å². The van der Waals surface area contributed by atoms with Crippen molar-refractivity contribution >= 4 is 21.6 Å². The Balaban J connectivity index is 1.48. The first-order valence-electron chi connectivity index (χ1n) is 9.73. The van der Waals surface area contributed by atoms with Crippen LogP contribution in [-0.4, -0.2) is 35.6 Å². The predicted molar refractivity (Wildman–Crippen MR) is 112 cm³/mol. The molecule has 0 saturated carbocycles. The van der Waals surface area contributed by atoms with Crippen LogP contribution in [0.5, 0.6) is 0 Å². The Bertz CT molecular complexity index is 1160. The topological polar surface area (TPSA) is 97.2 Å². The highest BCUT2D eigenvalue weighted by atomic mass is 32.2. The third-order valence-electron chi connectivity index (χ3n) is 5.13. The maximum Gasteiger partial charge on any atom is 0.240 e. The maximum atomic E-state index is 12.8. The van der Waals surface area contributed by atoms with Crippen molar-refractivity contribution in [3.63, 3.8) is 0 Å². The molecule has 0 radical (unpaired) electrons. The summed E-state index contributed by atoms with van der Waals surface area (Å²) < 4.78 is 30.1. The van der Waals surface area contributed by atoms with Gasteiger partial charge in [-0.25, -0.2) is 22.8 Å². The third-order valence-corrected chi connectivity index (χ3v) is 6.53. The van der Waals surface area contributed by atoms with E-state index in [1.807, 2.05) is 24.3 Å². The van der Waals surface area contributed by atoms with Gasteiger partial charge in [-0.2, -0.15) is 5.10 Å². The molecule has 1 amide bonds. The van der Waals surface area contributed by atoms with Crippen molar-refractivity contribution < 1.29 is 13.2 Å². The van der Waals surface area contributed by atoms with Gasteiger partial charge in [-0.1, -0.05) is 24.3 Å². The Morgan fingerprint density at radius 3 is 2.77 bits per heavy atom. The van der Waals surface area contributed by atoms with E-state index in [1.165, 1.54) is 13.3 Å². The van der Waals surface area contributed by atoms with Crippen LogP contribution in [-0.2, 0) is 34.3 Å². The average Bonchev–Trinajstić information content (AvgIpc) is 3.24. The number of aryl methyl sites for hydroxylation is 1. The smallest absolute Gasteiger partial charge is 0.240 e. The minimum absolute atomic E-state index is 0.0320. The third kappa shape index (κ3) is 4.42. The zero-order chi connectivity index (χ0) is 21.1. The molecule has 2 aromatic carbocycles. The summed E-state index contributed by atoms with van der Waals surface area (Å²) in [6.45, 7) is 2.94. The lowest BCUT2D eigenvalue weighted by atomic mass is 10.0. The van der Waals surface area contributed by atoms with Crippen molar-refractivity contribution in [3.05, 3.63) is 71.8 Å². The summed E-state index contributed by atoms with van der Waals surface area (Å²) in [5, 5.41) is 4.09. The molecule has 2 heterocycles. The highest BCUT2D eigenvalue weighted by molar-refractivity contribution is 7.89. The number of nitrogens with one attached hydrogen (secondary N) is 1. The van der Waals surface area contributed by atoms with Crippen LogP contribution in [0.1, 0.15) is 30.0 Å². The number of fused-ring (bicyclic) bond motifs is 1. The number of amides is 1. The number of sulfonamides is 1. The molecule has 156 valence electrons. The molecule has 1 aliphatic heterocycles. The molecule has 0 spiro atoms. The molecule has 4 rings (SSSR count). The minimum Gasteiger partial charge on any atom is -0.312 e. The zero-order valence-corrected chi connectivity index (χ0v) is 17.5. The van der Waals surface area contributed by atoms with Crippen LogP contribution >= 0.6 is 0 Å². The first-order valence-corrected chi connectivity index (χ1v) is 11.2. The van der Waals surface area contributed by atoms with Gasteiger partial charge in [0.1, 0.15) is 12.7 Å². The molecule has 1 N–H and O–H groups in total. The molecule has 0 aliphatic carbocycles. The molecule has 1 aromatic heterocycles. The zero-order valence-electron chi connectivity index (χ0n) is 16.7. The van der Waals surface area contributed by atoms with Gasteiger partial charge in [-0.3, -0.25) is 4.79 Å². The van der Waals surface area contributed by atoms with Gasteiger partial charge in [0.05, 0.1) is 11.4 Å². The lowest BCUT2D eigenvalue weighted by Gasteiger charge is -2.28. The predicted octanol–water partition coefficient (Wildman–Crippen LogP) is 2.10. The van der Waals surface area contributed by atoms with Gasteiger partial charge < -0.3 is 4.90 Å². The Morgan fingerprint density at radius 1 is 1.17 bits per heavy atom. The van der Waals surface area contributed by atoms with Crippen LogP contribution in [0, 0.1) is 0 Å². The molecule has 9 heteroatoms. The number of benzene rings is 2. The molecular weight excluding hydrogens is 402 g/mol. The van der Waals surface area contributed by atoms with E-state index in [-0.39, 0.29) is 17.3 Å². The molecule has 0 saturated heterocycles. The summed E-state index contributed by atoms with van der Waals surface area (Å²) in [6.07, 6.45) is 4.69. The lowest BCUT2D eigenvalue weighted by molar-refractivity contribution is -0.116. The molecule has 8 nitrogen and oxygen atoms in total. The first-order chi connectivity index (χ1) is 14.4. The molecular formula is C21H23N5O3S. The van der Waals surface area contributed by atoms with Crippen molar-refractivity contribution in [1.82, 2.24) is 19.5 Å². The summed E-state index contributed by atoms with van der Waals surface area (Å²) in [7, 11) is -3.67. The second-order valence-electron chi connectivity index (χ2n) is 7.30. The lowest BCUT2D eigenvalue weighted by Crippen LogP contribution is -2.33. The summed E-state index contributed by atoms with van der Waals surface area (Å²) in [6, 6.07) is 12.6. The average molecular weight is 426 g/mol. The summed E-state index contributed by atoms with van der Waals surface area (Å²) in [5.74, 6) is -0.0320. The molecule has 0 fully saturated rings. The highest BCUT2D eigenvalue weighted by Gasteiger charge is 2.23. The fourth-order valence-electron chi connectivity index (χ4n) is 3.67. The molecule has 0 unspecified atom stereocenters.